The van der Waals surface area contributed by atoms with E-state index < -0.39 is 5.97 Å². The van der Waals surface area contributed by atoms with Crippen LogP contribution in [0.1, 0.15) is 31.2 Å². The quantitative estimate of drug-likeness (QED) is 0.638. The van der Waals surface area contributed by atoms with Crippen LogP contribution < -0.4 is 10.1 Å². The van der Waals surface area contributed by atoms with Gasteiger partial charge in [0.05, 0.1) is 7.11 Å². The van der Waals surface area contributed by atoms with Gasteiger partial charge in [-0.25, -0.2) is 0 Å². The maximum Gasteiger partial charge on any atom is 0.303 e. The average Bonchev–Trinajstić information content (AvgIpc) is 2.41. The van der Waals surface area contributed by atoms with E-state index in [2.05, 4.69) is 17.4 Å². The molecule has 0 unspecified atom stereocenters. The molecule has 0 aliphatic carbocycles. The van der Waals surface area contributed by atoms with Gasteiger partial charge in [-0.2, -0.15) is 0 Å². The molecule has 0 radical (unpaired) electrons. The number of benzene rings is 1. The molecular weight excluding hydrogens is 242 g/mol. The lowest BCUT2D eigenvalue weighted by Gasteiger charge is -2.06. The molecule has 0 aliphatic heterocycles. The minimum atomic E-state index is -0.703. The van der Waals surface area contributed by atoms with E-state index in [0.29, 0.717) is 0 Å². The molecule has 4 nitrogen and oxygen atoms in total. The maximum atomic E-state index is 10.3. The molecule has 19 heavy (non-hydrogen) atoms. The molecule has 0 spiro atoms. The van der Waals surface area contributed by atoms with E-state index in [1.807, 2.05) is 12.1 Å². The smallest absolute Gasteiger partial charge is 0.303 e. The zero-order chi connectivity index (χ0) is 13.9. The Morgan fingerprint density at radius 2 is 2.11 bits per heavy atom. The Kier molecular flexibility index (Phi) is 7.66. The minimum absolute atomic E-state index is 0.282. The molecule has 1 aromatic rings. The molecule has 1 aromatic carbocycles. The molecule has 0 heterocycles. The van der Waals surface area contributed by atoms with Crippen LogP contribution in [0.15, 0.2) is 24.3 Å². The van der Waals surface area contributed by atoms with Gasteiger partial charge in [-0.1, -0.05) is 18.6 Å². The third-order valence-electron chi connectivity index (χ3n) is 2.97. The fraction of sp³-hybridized carbons (Fsp3) is 0.533. The SMILES string of the molecule is COc1cccc(CCNCCCCCC(=O)O)c1. The first kappa shape index (κ1) is 15.5. The summed E-state index contributed by atoms with van der Waals surface area (Å²) in [6.07, 6.45) is 4.03. The summed E-state index contributed by atoms with van der Waals surface area (Å²) in [5.74, 6) is 0.192. The predicted molar refractivity (Wildman–Crippen MR) is 75.7 cm³/mol. The second-order valence-electron chi connectivity index (χ2n) is 4.56. The average molecular weight is 265 g/mol. The van der Waals surface area contributed by atoms with Crippen molar-refractivity contribution >= 4 is 5.97 Å². The molecule has 0 amide bonds. The summed E-state index contributed by atoms with van der Waals surface area (Å²) in [4.78, 5) is 10.3. The Morgan fingerprint density at radius 1 is 1.26 bits per heavy atom. The van der Waals surface area contributed by atoms with Gasteiger partial charge in [0, 0.05) is 6.42 Å². The van der Waals surface area contributed by atoms with Crippen LogP contribution in [0.3, 0.4) is 0 Å². The molecule has 106 valence electrons. The fourth-order valence-corrected chi connectivity index (χ4v) is 1.89. The van der Waals surface area contributed by atoms with E-state index in [0.717, 1.165) is 44.5 Å². The molecule has 0 aliphatic rings. The van der Waals surface area contributed by atoms with E-state index in [4.69, 9.17) is 9.84 Å². The Bertz CT molecular complexity index is 379. The van der Waals surface area contributed by atoms with E-state index in [9.17, 15) is 4.79 Å². The van der Waals surface area contributed by atoms with Gasteiger partial charge in [0.1, 0.15) is 5.75 Å². The van der Waals surface area contributed by atoms with Crippen LogP contribution in [0.25, 0.3) is 0 Å². The molecule has 0 fully saturated rings. The topological polar surface area (TPSA) is 58.6 Å². The van der Waals surface area contributed by atoms with Crippen LogP contribution in [0, 0.1) is 0 Å². The molecule has 0 saturated heterocycles. The van der Waals surface area contributed by atoms with E-state index >= 15 is 0 Å². The van der Waals surface area contributed by atoms with Crippen LogP contribution in [0.4, 0.5) is 0 Å². The third kappa shape index (κ3) is 7.47. The van der Waals surface area contributed by atoms with E-state index in [1.54, 1.807) is 7.11 Å². The lowest BCUT2D eigenvalue weighted by Crippen LogP contribution is -2.18. The fourth-order valence-electron chi connectivity index (χ4n) is 1.89. The number of unbranched alkanes of at least 4 members (excludes halogenated alkanes) is 2. The molecule has 2 N–H and O–H groups in total. The molecule has 0 aromatic heterocycles. The summed E-state index contributed by atoms with van der Waals surface area (Å²) in [6.45, 7) is 1.88. The standard InChI is InChI=1S/C15H23NO3/c1-19-14-7-5-6-13(12-14)9-11-16-10-4-2-3-8-15(17)18/h5-7,12,16H,2-4,8-11H2,1H3,(H,17,18). The number of nitrogens with one attached hydrogen (secondary N) is 1. The molecular formula is C15H23NO3. The Balaban J connectivity index is 2.02. The van der Waals surface area contributed by atoms with Gasteiger partial charge in [0.25, 0.3) is 0 Å². The number of aliphatic carboxylic acids is 1. The number of hydrogen-bond donors (Lipinski definition) is 2. The number of carboxylic acids is 1. The summed E-state index contributed by atoms with van der Waals surface area (Å²) < 4.78 is 5.18. The van der Waals surface area contributed by atoms with E-state index in [-0.39, 0.29) is 6.42 Å². The number of carbonyl (C=O) groups is 1. The predicted octanol–water partition coefficient (Wildman–Crippen LogP) is 2.47. The number of methoxy groups -OCH3 is 1. The van der Waals surface area contributed by atoms with Crippen LogP contribution >= 0.6 is 0 Å². The molecule has 1 rings (SSSR count). The van der Waals surface area contributed by atoms with Crippen molar-refractivity contribution in [1.82, 2.24) is 5.32 Å². The summed E-state index contributed by atoms with van der Waals surface area (Å²) in [5, 5.41) is 11.9. The summed E-state index contributed by atoms with van der Waals surface area (Å²) in [5.41, 5.74) is 1.26. The second kappa shape index (κ2) is 9.39. The molecule has 0 atom stereocenters. The van der Waals surface area contributed by atoms with Crippen LogP contribution in [0.5, 0.6) is 5.75 Å². The normalized spacial score (nSPS) is 10.4. The van der Waals surface area contributed by atoms with Crippen molar-refractivity contribution in [3.8, 4) is 5.75 Å². The second-order valence-corrected chi connectivity index (χ2v) is 4.56. The van der Waals surface area contributed by atoms with Gasteiger partial charge in [-0.05, 0) is 50.0 Å². The lowest BCUT2D eigenvalue weighted by atomic mass is 10.1. The molecule has 0 bridgehead atoms. The zero-order valence-corrected chi connectivity index (χ0v) is 11.5. The van der Waals surface area contributed by atoms with Crippen molar-refractivity contribution in [2.75, 3.05) is 20.2 Å². The maximum absolute atomic E-state index is 10.3. The van der Waals surface area contributed by atoms with Crippen LogP contribution in [-0.2, 0) is 11.2 Å². The number of ether oxygens (including phenoxy) is 1. The van der Waals surface area contributed by atoms with E-state index in [1.165, 1.54) is 5.56 Å². The van der Waals surface area contributed by atoms with Gasteiger partial charge < -0.3 is 15.2 Å². The first-order valence-corrected chi connectivity index (χ1v) is 6.78. The summed E-state index contributed by atoms with van der Waals surface area (Å²) in [6, 6.07) is 8.09. The van der Waals surface area contributed by atoms with Crippen molar-refractivity contribution in [2.45, 2.75) is 32.1 Å². The third-order valence-corrected chi connectivity index (χ3v) is 2.97. The van der Waals surface area contributed by atoms with Crippen molar-refractivity contribution < 1.29 is 14.6 Å². The van der Waals surface area contributed by atoms with Gasteiger partial charge in [0.15, 0.2) is 0 Å². The van der Waals surface area contributed by atoms with Crippen molar-refractivity contribution in [3.05, 3.63) is 29.8 Å². The Hall–Kier alpha value is -1.55. The molecule has 4 heteroatoms. The number of carboxylic acid groups (broad SMARTS) is 1. The van der Waals surface area contributed by atoms with Crippen LogP contribution in [0.2, 0.25) is 0 Å². The van der Waals surface area contributed by atoms with Crippen LogP contribution in [-0.4, -0.2) is 31.3 Å². The summed E-state index contributed by atoms with van der Waals surface area (Å²) in [7, 11) is 1.68. The largest absolute Gasteiger partial charge is 0.497 e. The van der Waals surface area contributed by atoms with Gasteiger partial charge >= 0.3 is 5.97 Å². The first-order chi connectivity index (χ1) is 9.22. The Labute approximate surface area is 114 Å². The molecule has 0 saturated carbocycles. The lowest BCUT2D eigenvalue weighted by molar-refractivity contribution is -0.137. The van der Waals surface area contributed by atoms with Gasteiger partial charge in [0.2, 0.25) is 0 Å². The number of hydrogen-bond acceptors (Lipinski definition) is 3. The monoisotopic (exact) mass is 265 g/mol. The minimum Gasteiger partial charge on any atom is -0.497 e. The zero-order valence-electron chi connectivity index (χ0n) is 11.5. The van der Waals surface area contributed by atoms with Crippen molar-refractivity contribution in [3.63, 3.8) is 0 Å². The van der Waals surface area contributed by atoms with Gasteiger partial charge in [-0.3, -0.25) is 4.79 Å². The Morgan fingerprint density at radius 3 is 2.84 bits per heavy atom. The van der Waals surface area contributed by atoms with Crippen molar-refractivity contribution in [1.29, 1.82) is 0 Å². The highest BCUT2D eigenvalue weighted by atomic mass is 16.5. The van der Waals surface area contributed by atoms with Crippen molar-refractivity contribution in [2.24, 2.45) is 0 Å². The highest BCUT2D eigenvalue weighted by molar-refractivity contribution is 5.66. The highest BCUT2D eigenvalue weighted by Gasteiger charge is 1.97. The summed E-state index contributed by atoms with van der Waals surface area (Å²) >= 11 is 0. The highest BCUT2D eigenvalue weighted by Crippen LogP contribution is 2.12. The first-order valence-electron chi connectivity index (χ1n) is 6.78. The number of rotatable bonds is 10. The van der Waals surface area contributed by atoms with Gasteiger partial charge in [-0.15, -0.1) is 0 Å².